The molecule has 4 rings (SSSR count). The Bertz CT molecular complexity index is 1280. The van der Waals surface area contributed by atoms with Gasteiger partial charge in [-0.25, -0.2) is 19.3 Å². The van der Waals surface area contributed by atoms with Crippen molar-refractivity contribution in [2.45, 2.75) is 13.1 Å². The minimum absolute atomic E-state index is 0.165. The van der Waals surface area contributed by atoms with Gasteiger partial charge in [-0.3, -0.25) is 19.0 Å². The van der Waals surface area contributed by atoms with Crippen LogP contribution in [0.4, 0.5) is 0 Å². The Morgan fingerprint density at radius 2 is 1.93 bits per heavy atom. The first-order valence-electron chi connectivity index (χ1n) is 8.76. The topological polar surface area (TPSA) is 130 Å². The molecule has 29 heavy (non-hydrogen) atoms. The number of aromatic nitrogens is 7. The second-order valence-electron chi connectivity index (χ2n) is 6.14. The van der Waals surface area contributed by atoms with E-state index in [0.29, 0.717) is 16.7 Å². The van der Waals surface area contributed by atoms with E-state index >= 15 is 0 Å². The molecule has 0 bridgehead atoms. The highest BCUT2D eigenvalue weighted by molar-refractivity contribution is 5.78. The molecule has 11 heteroatoms. The highest BCUT2D eigenvalue weighted by Crippen LogP contribution is 2.04. The Morgan fingerprint density at radius 1 is 1.07 bits per heavy atom. The van der Waals surface area contributed by atoms with Crippen molar-refractivity contribution in [3.05, 3.63) is 76.1 Å². The van der Waals surface area contributed by atoms with E-state index in [1.165, 1.54) is 45.0 Å². The zero-order chi connectivity index (χ0) is 20.2. The summed E-state index contributed by atoms with van der Waals surface area (Å²) >= 11 is 0. The van der Waals surface area contributed by atoms with Gasteiger partial charge in [-0.05, 0) is 18.2 Å². The molecule has 3 aromatic heterocycles. The van der Waals surface area contributed by atoms with Crippen LogP contribution in [-0.4, -0.2) is 46.5 Å². The molecule has 0 atom stereocenters. The Hall–Kier alpha value is -4.15. The Kier molecular flexibility index (Phi) is 4.93. The molecule has 11 nitrogen and oxygen atoms in total. The molecular formula is C18H16N8O3. The van der Waals surface area contributed by atoms with Crippen LogP contribution in [0.2, 0.25) is 0 Å². The largest absolute Gasteiger partial charge is 0.353 e. The fourth-order valence-electron chi connectivity index (χ4n) is 2.78. The lowest BCUT2D eigenvalue weighted by molar-refractivity contribution is -0.121. The predicted molar refractivity (Wildman–Crippen MR) is 102 cm³/mol. The SMILES string of the molecule is O=C(Cn1cnc2ccccc2c1=O)NCCn1nc(-n2cncn2)ccc1=O. The number of nitrogens with zero attached hydrogens (tertiary/aromatic N) is 7. The number of rotatable bonds is 6. The van der Waals surface area contributed by atoms with Gasteiger partial charge in [-0.1, -0.05) is 12.1 Å². The first-order valence-corrected chi connectivity index (χ1v) is 8.76. The number of para-hydroxylation sites is 1. The molecule has 3 heterocycles. The smallest absolute Gasteiger partial charge is 0.266 e. The maximum Gasteiger partial charge on any atom is 0.266 e. The van der Waals surface area contributed by atoms with Crippen LogP contribution in [0, 0.1) is 0 Å². The van der Waals surface area contributed by atoms with Crippen LogP contribution in [0.1, 0.15) is 0 Å². The second-order valence-corrected chi connectivity index (χ2v) is 6.14. The van der Waals surface area contributed by atoms with Crippen LogP contribution in [0.5, 0.6) is 0 Å². The molecule has 0 saturated heterocycles. The molecule has 0 fully saturated rings. The van der Waals surface area contributed by atoms with Crippen LogP contribution in [0.25, 0.3) is 16.7 Å². The molecule has 1 amide bonds. The summed E-state index contributed by atoms with van der Waals surface area (Å²) in [6, 6.07) is 9.84. The lowest BCUT2D eigenvalue weighted by Gasteiger charge is -2.09. The van der Waals surface area contributed by atoms with Crippen molar-refractivity contribution in [2.24, 2.45) is 0 Å². The van der Waals surface area contributed by atoms with Crippen LogP contribution in [0.15, 0.2) is 65.0 Å². The zero-order valence-electron chi connectivity index (χ0n) is 15.2. The van der Waals surface area contributed by atoms with Gasteiger partial charge < -0.3 is 5.32 Å². The zero-order valence-corrected chi connectivity index (χ0v) is 15.2. The summed E-state index contributed by atoms with van der Waals surface area (Å²) in [7, 11) is 0. The second kappa shape index (κ2) is 7.84. The fourth-order valence-corrected chi connectivity index (χ4v) is 2.78. The van der Waals surface area contributed by atoms with E-state index in [0.717, 1.165) is 0 Å². The number of benzene rings is 1. The van der Waals surface area contributed by atoms with Gasteiger partial charge in [0.2, 0.25) is 5.91 Å². The van der Waals surface area contributed by atoms with Crippen molar-refractivity contribution in [3.63, 3.8) is 0 Å². The average Bonchev–Trinajstić information content (AvgIpc) is 3.27. The van der Waals surface area contributed by atoms with Crippen molar-refractivity contribution in [3.8, 4) is 5.82 Å². The summed E-state index contributed by atoms with van der Waals surface area (Å²) in [5, 5.41) is 11.3. The third-order valence-electron chi connectivity index (χ3n) is 4.20. The van der Waals surface area contributed by atoms with Crippen molar-refractivity contribution in [1.82, 2.24) is 39.4 Å². The van der Waals surface area contributed by atoms with Gasteiger partial charge in [0.1, 0.15) is 19.2 Å². The van der Waals surface area contributed by atoms with Crippen molar-refractivity contribution in [1.29, 1.82) is 0 Å². The molecule has 4 aromatic rings. The summed E-state index contributed by atoms with van der Waals surface area (Å²) < 4.78 is 3.89. The Labute approximate surface area is 163 Å². The molecular weight excluding hydrogens is 376 g/mol. The molecule has 1 N–H and O–H groups in total. The lowest BCUT2D eigenvalue weighted by Crippen LogP contribution is -2.36. The number of hydrogen-bond donors (Lipinski definition) is 1. The van der Waals surface area contributed by atoms with E-state index in [-0.39, 0.29) is 36.7 Å². The summed E-state index contributed by atoms with van der Waals surface area (Å²) in [5.41, 5.74) is -0.0193. The third-order valence-corrected chi connectivity index (χ3v) is 4.20. The Morgan fingerprint density at radius 3 is 2.76 bits per heavy atom. The molecule has 0 aliphatic carbocycles. The predicted octanol–water partition coefficient (Wildman–Crippen LogP) is -0.650. The summed E-state index contributed by atoms with van der Waals surface area (Å²) in [6.45, 7) is 0.165. The van der Waals surface area contributed by atoms with Crippen LogP contribution >= 0.6 is 0 Å². The quantitative estimate of drug-likeness (QED) is 0.461. The van der Waals surface area contributed by atoms with E-state index in [2.05, 4.69) is 25.5 Å². The minimum atomic E-state index is -0.371. The average molecular weight is 392 g/mol. The molecule has 146 valence electrons. The van der Waals surface area contributed by atoms with Crippen molar-refractivity contribution >= 4 is 16.8 Å². The number of amides is 1. The van der Waals surface area contributed by atoms with Crippen LogP contribution < -0.4 is 16.4 Å². The highest BCUT2D eigenvalue weighted by atomic mass is 16.2. The maximum atomic E-state index is 12.4. The molecule has 0 spiro atoms. The van der Waals surface area contributed by atoms with Gasteiger partial charge >= 0.3 is 0 Å². The highest BCUT2D eigenvalue weighted by Gasteiger charge is 2.08. The summed E-state index contributed by atoms with van der Waals surface area (Å²) in [6.07, 6.45) is 4.17. The van der Waals surface area contributed by atoms with E-state index in [1.54, 1.807) is 24.3 Å². The molecule has 0 aliphatic heterocycles. The fraction of sp³-hybridized carbons (Fsp3) is 0.167. The maximum absolute atomic E-state index is 12.4. The third kappa shape index (κ3) is 3.93. The Balaban J connectivity index is 1.40. The van der Waals surface area contributed by atoms with Gasteiger partial charge in [-0.15, -0.1) is 5.10 Å². The molecule has 0 unspecified atom stereocenters. The number of fused-ring (bicyclic) bond motifs is 1. The van der Waals surface area contributed by atoms with Gasteiger partial charge in [0.25, 0.3) is 11.1 Å². The van der Waals surface area contributed by atoms with E-state index in [9.17, 15) is 14.4 Å². The first kappa shape index (κ1) is 18.2. The van der Waals surface area contributed by atoms with E-state index < -0.39 is 0 Å². The monoisotopic (exact) mass is 392 g/mol. The molecule has 0 aliphatic rings. The number of carbonyl (C=O) groups excluding carboxylic acids is 1. The molecule has 1 aromatic carbocycles. The first-order chi connectivity index (χ1) is 14.1. The van der Waals surface area contributed by atoms with Crippen LogP contribution in [0.3, 0.4) is 0 Å². The van der Waals surface area contributed by atoms with E-state index in [4.69, 9.17) is 0 Å². The standard InChI is InChI=1S/C18H16N8O3/c27-16(9-24-12-21-14-4-2-1-3-13(14)18(24)29)20-7-8-25-17(28)6-5-15(23-25)26-11-19-10-22-26/h1-6,10-12H,7-9H2,(H,20,27). The van der Waals surface area contributed by atoms with Gasteiger partial charge in [0.15, 0.2) is 5.82 Å². The van der Waals surface area contributed by atoms with Gasteiger partial charge in [-0.2, -0.15) is 5.10 Å². The van der Waals surface area contributed by atoms with E-state index in [1.807, 2.05) is 0 Å². The van der Waals surface area contributed by atoms with Crippen molar-refractivity contribution < 1.29 is 4.79 Å². The van der Waals surface area contributed by atoms with Crippen LogP contribution in [-0.2, 0) is 17.9 Å². The van der Waals surface area contributed by atoms with Crippen molar-refractivity contribution in [2.75, 3.05) is 6.54 Å². The number of nitrogens with one attached hydrogen (secondary N) is 1. The number of carbonyl (C=O) groups is 1. The summed E-state index contributed by atoms with van der Waals surface area (Å²) in [5.74, 6) is 0.0619. The minimum Gasteiger partial charge on any atom is -0.353 e. The lowest BCUT2D eigenvalue weighted by atomic mass is 10.2. The summed E-state index contributed by atoms with van der Waals surface area (Å²) in [4.78, 5) is 44.6. The normalized spacial score (nSPS) is 10.9. The molecule has 0 saturated carbocycles. The molecule has 0 radical (unpaired) electrons. The van der Waals surface area contributed by atoms with Gasteiger partial charge in [0.05, 0.1) is 23.8 Å². The number of hydrogen-bond acceptors (Lipinski definition) is 7. The van der Waals surface area contributed by atoms with Gasteiger partial charge in [0, 0.05) is 12.6 Å².